The average molecular weight is 477 g/mol. The van der Waals surface area contributed by atoms with Crippen molar-refractivity contribution < 1.29 is 14.2 Å². The van der Waals surface area contributed by atoms with Gasteiger partial charge in [0.15, 0.2) is 6.23 Å². The van der Waals surface area contributed by atoms with Crippen LogP contribution in [-0.4, -0.2) is 73.4 Å². The summed E-state index contributed by atoms with van der Waals surface area (Å²) in [5, 5.41) is 20.6. The van der Waals surface area contributed by atoms with Gasteiger partial charge >= 0.3 is 0 Å². The van der Waals surface area contributed by atoms with Crippen molar-refractivity contribution in [3.8, 4) is 6.07 Å². The van der Waals surface area contributed by atoms with Crippen LogP contribution in [0.25, 0.3) is 11.3 Å². The predicted molar refractivity (Wildman–Crippen MR) is 135 cm³/mol. The van der Waals surface area contributed by atoms with Crippen molar-refractivity contribution in [1.29, 1.82) is 5.26 Å². The van der Waals surface area contributed by atoms with Gasteiger partial charge in [-0.2, -0.15) is 5.26 Å². The van der Waals surface area contributed by atoms with E-state index in [2.05, 4.69) is 23.9 Å². The topological polar surface area (TPSA) is 63.0 Å². The Labute approximate surface area is 207 Å². The van der Waals surface area contributed by atoms with Crippen molar-refractivity contribution in [2.75, 3.05) is 41.3 Å². The van der Waals surface area contributed by atoms with Gasteiger partial charge in [-0.25, -0.2) is 4.39 Å². The van der Waals surface area contributed by atoms with Gasteiger partial charge in [0, 0.05) is 38.9 Å². The first-order chi connectivity index (χ1) is 16.8. The average Bonchev–Trinajstić information content (AvgIpc) is 2.86. The van der Waals surface area contributed by atoms with Gasteiger partial charge in [-0.1, -0.05) is 30.3 Å². The monoisotopic (exact) mass is 476 g/mol. The fourth-order valence-corrected chi connectivity index (χ4v) is 4.97. The Bertz CT molecular complexity index is 1160. The molecule has 2 heterocycles. The number of nitriles is 1. The minimum Gasteiger partial charge on any atom is -0.380 e. The Morgan fingerprint density at radius 2 is 1.77 bits per heavy atom. The summed E-state index contributed by atoms with van der Waals surface area (Å²) in [6.07, 6.45) is 3.18. The number of nitrogens with zero attached hydrogens (tertiary/aromatic N) is 4. The second-order valence-corrected chi connectivity index (χ2v) is 9.43. The lowest BCUT2D eigenvalue weighted by Crippen LogP contribution is -2.47. The van der Waals surface area contributed by atoms with Crippen LogP contribution in [0.2, 0.25) is 0 Å². The molecule has 0 radical (unpaired) electrons. The predicted octanol–water partition coefficient (Wildman–Crippen LogP) is 3.89. The molecule has 1 atom stereocenters. The zero-order valence-electron chi connectivity index (χ0n) is 20.8. The molecule has 1 fully saturated rings. The second kappa shape index (κ2) is 10.6. The van der Waals surface area contributed by atoms with Crippen molar-refractivity contribution in [2.45, 2.75) is 31.7 Å². The molecule has 2 aliphatic rings. The van der Waals surface area contributed by atoms with E-state index in [4.69, 9.17) is 4.74 Å². The van der Waals surface area contributed by atoms with Crippen molar-refractivity contribution in [3.05, 3.63) is 82.3 Å². The number of aliphatic hydroxyl groups is 1. The summed E-state index contributed by atoms with van der Waals surface area (Å²) >= 11 is 0. The number of halogens is 1. The summed E-state index contributed by atoms with van der Waals surface area (Å²) in [6.45, 7) is 2.20. The summed E-state index contributed by atoms with van der Waals surface area (Å²) in [4.78, 5) is 6.34. The Balaban J connectivity index is 1.81. The van der Waals surface area contributed by atoms with Crippen LogP contribution in [0.1, 0.15) is 35.1 Å². The number of likely N-dealkylation sites (N-methyl/N-ethyl adjacent to an activating group) is 1. The highest BCUT2D eigenvalue weighted by Crippen LogP contribution is 2.38. The fourth-order valence-electron chi connectivity index (χ4n) is 4.97. The molecule has 1 N–H and O–H groups in total. The number of ether oxygens (including phenoxy) is 1. The maximum atomic E-state index is 14.7. The Hall–Kier alpha value is -3.18. The van der Waals surface area contributed by atoms with Gasteiger partial charge in [0.25, 0.3) is 0 Å². The summed E-state index contributed by atoms with van der Waals surface area (Å²) in [5.74, 6) is -0.553. The largest absolute Gasteiger partial charge is 0.380 e. The molecule has 0 saturated carbocycles. The lowest BCUT2D eigenvalue weighted by Gasteiger charge is -2.43. The number of hydrogen-bond acceptors (Lipinski definition) is 6. The SMILES string of the molecule is COCc1ccc(C2=C(c3ccc(C#N)c(F)c3)C=C(N3CCC(N(C)C)CC3)C(O)N2C)cc1. The second-order valence-electron chi connectivity index (χ2n) is 9.43. The number of hydrogen-bond donors (Lipinski definition) is 1. The fraction of sp³-hybridized carbons (Fsp3) is 0.393. The van der Waals surface area contributed by atoms with Crippen LogP contribution in [0.3, 0.4) is 0 Å². The minimum atomic E-state index is -0.827. The van der Waals surface area contributed by atoms with Crippen LogP contribution in [0.5, 0.6) is 0 Å². The summed E-state index contributed by atoms with van der Waals surface area (Å²) in [7, 11) is 7.73. The normalized spacial score (nSPS) is 19.3. The van der Waals surface area contributed by atoms with Crippen LogP contribution >= 0.6 is 0 Å². The van der Waals surface area contributed by atoms with Crippen LogP contribution in [0.4, 0.5) is 4.39 Å². The Morgan fingerprint density at radius 3 is 2.34 bits per heavy atom. The summed E-state index contributed by atoms with van der Waals surface area (Å²) in [6, 6.07) is 15.1. The van der Waals surface area contributed by atoms with E-state index in [1.807, 2.05) is 48.4 Å². The molecular formula is C28H33FN4O2. The molecule has 4 rings (SSSR count). The van der Waals surface area contributed by atoms with E-state index in [9.17, 15) is 14.8 Å². The molecule has 2 aliphatic heterocycles. The zero-order chi connectivity index (χ0) is 25.1. The zero-order valence-corrected chi connectivity index (χ0v) is 20.8. The number of piperidine rings is 1. The Kier molecular flexibility index (Phi) is 7.56. The molecule has 0 bridgehead atoms. The van der Waals surface area contributed by atoms with E-state index in [-0.39, 0.29) is 5.56 Å². The maximum absolute atomic E-state index is 14.7. The van der Waals surface area contributed by atoms with Gasteiger partial charge < -0.3 is 24.5 Å². The third-order valence-electron chi connectivity index (χ3n) is 7.03. The lowest BCUT2D eigenvalue weighted by molar-refractivity contribution is 0.0527. The molecule has 0 aromatic heterocycles. The van der Waals surface area contributed by atoms with Crippen LogP contribution in [-0.2, 0) is 11.3 Å². The van der Waals surface area contributed by atoms with E-state index < -0.39 is 12.0 Å². The molecule has 2 aromatic rings. The number of likely N-dealkylation sites (tertiary alicyclic amines) is 1. The molecular weight excluding hydrogens is 443 g/mol. The molecule has 35 heavy (non-hydrogen) atoms. The molecule has 6 nitrogen and oxygen atoms in total. The molecule has 0 spiro atoms. The Morgan fingerprint density at radius 1 is 1.11 bits per heavy atom. The van der Waals surface area contributed by atoms with E-state index in [0.29, 0.717) is 18.2 Å². The first-order valence-electron chi connectivity index (χ1n) is 11.9. The maximum Gasteiger partial charge on any atom is 0.168 e. The number of rotatable bonds is 6. The lowest BCUT2D eigenvalue weighted by atomic mass is 9.92. The van der Waals surface area contributed by atoms with E-state index in [1.165, 1.54) is 12.1 Å². The third-order valence-corrected chi connectivity index (χ3v) is 7.03. The molecule has 1 saturated heterocycles. The van der Waals surface area contributed by atoms with E-state index in [1.54, 1.807) is 13.2 Å². The van der Waals surface area contributed by atoms with Gasteiger partial charge in [0.1, 0.15) is 11.9 Å². The van der Waals surface area contributed by atoms with Gasteiger partial charge in [-0.05, 0) is 61.8 Å². The highest BCUT2D eigenvalue weighted by atomic mass is 19.1. The number of methoxy groups -OCH3 is 1. The van der Waals surface area contributed by atoms with Crippen LogP contribution in [0, 0.1) is 17.1 Å². The smallest absolute Gasteiger partial charge is 0.168 e. The highest BCUT2D eigenvalue weighted by Gasteiger charge is 2.33. The number of benzene rings is 2. The first kappa shape index (κ1) is 24.9. The summed E-state index contributed by atoms with van der Waals surface area (Å²) in [5.41, 5.74) is 5.05. The van der Waals surface area contributed by atoms with Gasteiger partial charge in [-0.3, -0.25) is 0 Å². The van der Waals surface area contributed by atoms with Crippen molar-refractivity contribution in [1.82, 2.24) is 14.7 Å². The van der Waals surface area contributed by atoms with Crippen LogP contribution < -0.4 is 0 Å². The minimum absolute atomic E-state index is 0.0129. The summed E-state index contributed by atoms with van der Waals surface area (Å²) < 4.78 is 19.9. The molecule has 0 amide bonds. The molecule has 184 valence electrons. The van der Waals surface area contributed by atoms with E-state index in [0.717, 1.165) is 54.0 Å². The molecule has 1 unspecified atom stereocenters. The van der Waals surface area contributed by atoms with Gasteiger partial charge in [0.2, 0.25) is 0 Å². The van der Waals surface area contributed by atoms with Crippen LogP contribution in [0.15, 0.2) is 54.2 Å². The molecule has 2 aromatic carbocycles. The molecule has 7 heteroatoms. The van der Waals surface area contributed by atoms with Crippen molar-refractivity contribution in [2.24, 2.45) is 0 Å². The standard InChI is InChI=1S/C28H33FN4O2/c1-31(2)23-11-13-33(14-12-23)26-16-24(21-9-10-22(17-30)25(29)15-21)27(32(3)28(26)34)20-7-5-19(6-8-20)18-35-4/h5-10,15-16,23,28,34H,11-14,18H2,1-4H3. The first-order valence-corrected chi connectivity index (χ1v) is 11.9. The van der Waals surface area contributed by atoms with Crippen molar-refractivity contribution in [3.63, 3.8) is 0 Å². The number of aliphatic hydroxyl groups excluding tert-OH is 1. The van der Waals surface area contributed by atoms with Gasteiger partial charge in [-0.15, -0.1) is 0 Å². The van der Waals surface area contributed by atoms with Gasteiger partial charge in [0.05, 0.1) is 23.6 Å². The van der Waals surface area contributed by atoms with Crippen molar-refractivity contribution >= 4 is 11.3 Å². The quantitative estimate of drug-likeness (QED) is 0.683. The third kappa shape index (κ3) is 5.10. The van der Waals surface area contributed by atoms with E-state index >= 15 is 0 Å². The highest BCUT2D eigenvalue weighted by molar-refractivity contribution is 5.96. The molecule has 0 aliphatic carbocycles. The number of allylic oxidation sites excluding steroid dienone is 2.